The summed E-state index contributed by atoms with van der Waals surface area (Å²) in [5, 5.41) is 10.0. The molecule has 0 spiro atoms. The fourth-order valence-corrected chi connectivity index (χ4v) is 1.38. The first-order valence-electron chi connectivity index (χ1n) is 4.26. The Hall–Kier alpha value is -1.41. The largest absolute Gasteiger partial charge is 0.392 e. The lowest BCUT2D eigenvalue weighted by Gasteiger charge is -2.00. The van der Waals surface area contributed by atoms with Crippen LogP contribution in [0.5, 0.6) is 0 Å². The van der Waals surface area contributed by atoms with Gasteiger partial charge in [-0.1, -0.05) is 11.6 Å². The van der Waals surface area contributed by atoms with Crippen molar-refractivity contribution < 1.29 is 5.11 Å². The summed E-state index contributed by atoms with van der Waals surface area (Å²) < 4.78 is 0. The molecule has 2 aromatic rings. The number of aromatic nitrogens is 1. The highest BCUT2D eigenvalue weighted by Crippen LogP contribution is 2.14. The highest BCUT2D eigenvalue weighted by atomic mass is 16.3. The average molecular weight is 173 g/mol. The van der Waals surface area contributed by atoms with E-state index in [-0.39, 0.29) is 6.61 Å². The molecule has 0 atom stereocenters. The summed E-state index contributed by atoms with van der Waals surface area (Å²) in [7, 11) is 0. The molecule has 0 aliphatic carbocycles. The van der Waals surface area contributed by atoms with Crippen molar-refractivity contribution in [2.45, 2.75) is 13.5 Å². The Morgan fingerprint density at radius 1 is 1.31 bits per heavy atom. The molecule has 2 nitrogen and oxygen atoms in total. The predicted molar refractivity (Wildman–Crippen MR) is 52.4 cm³/mol. The molecule has 0 bridgehead atoms. The zero-order chi connectivity index (χ0) is 9.26. The van der Waals surface area contributed by atoms with Crippen LogP contribution in [0.3, 0.4) is 0 Å². The van der Waals surface area contributed by atoms with E-state index in [0.717, 1.165) is 16.5 Å². The molecule has 1 heterocycles. The van der Waals surface area contributed by atoms with E-state index in [9.17, 15) is 0 Å². The minimum atomic E-state index is 0.0525. The Bertz CT molecular complexity index is 437. The van der Waals surface area contributed by atoms with E-state index in [1.54, 1.807) is 6.20 Å². The fourth-order valence-electron chi connectivity index (χ4n) is 1.38. The molecule has 66 valence electrons. The molecule has 0 aliphatic heterocycles. The van der Waals surface area contributed by atoms with Crippen molar-refractivity contribution in [1.29, 1.82) is 0 Å². The summed E-state index contributed by atoms with van der Waals surface area (Å²) in [6, 6.07) is 8.07. The molecule has 0 radical (unpaired) electrons. The van der Waals surface area contributed by atoms with Crippen LogP contribution in [0, 0.1) is 6.92 Å². The van der Waals surface area contributed by atoms with Crippen LogP contribution in [0.4, 0.5) is 0 Å². The number of aliphatic hydroxyl groups is 1. The van der Waals surface area contributed by atoms with Crippen LogP contribution in [0.25, 0.3) is 10.9 Å². The van der Waals surface area contributed by atoms with Gasteiger partial charge >= 0.3 is 0 Å². The molecule has 0 aliphatic rings. The zero-order valence-electron chi connectivity index (χ0n) is 7.49. The lowest BCUT2D eigenvalue weighted by molar-refractivity contribution is 0.281. The van der Waals surface area contributed by atoms with E-state index in [0.29, 0.717) is 0 Å². The number of aryl methyl sites for hydroxylation is 1. The fraction of sp³-hybridized carbons (Fsp3) is 0.182. The molecule has 0 amide bonds. The molecule has 1 aromatic carbocycles. The molecule has 13 heavy (non-hydrogen) atoms. The first kappa shape index (κ1) is 8.20. The van der Waals surface area contributed by atoms with Gasteiger partial charge < -0.3 is 5.11 Å². The zero-order valence-corrected chi connectivity index (χ0v) is 7.49. The van der Waals surface area contributed by atoms with E-state index < -0.39 is 0 Å². The van der Waals surface area contributed by atoms with Gasteiger partial charge in [0.05, 0.1) is 12.1 Å². The first-order chi connectivity index (χ1) is 6.29. The van der Waals surface area contributed by atoms with Crippen LogP contribution >= 0.6 is 0 Å². The highest BCUT2D eigenvalue weighted by Gasteiger charge is 1.96. The summed E-state index contributed by atoms with van der Waals surface area (Å²) in [5.74, 6) is 0. The van der Waals surface area contributed by atoms with Gasteiger partial charge in [0.2, 0.25) is 0 Å². The Balaban J connectivity index is 2.68. The van der Waals surface area contributed by atoms with Crippen molar-refractivity contribution in [3.8, 4) is 0 Å². The standard InChI is InChI=1S/C11H11NO/c1-8-2-3-11-10(4-8)5-9(7-13)6-12-11/h2-6,13H,7H2,1H3. The molecular formula is C11H11NO. The van der Waals surface area contributed by atoms with Crippen molar-refractivity contribution in [3.05, 3.63) is 41.6 Å². The second kappa shape index (κ2) is 3.15. The number of aliphatic hydroxyl groups excluding tert-OH is 1. The molecule has 0 saturated heterocycles. The third-order valence-corrected chi connectivity index (χ3v) is 2.08. The summed E-state index contributed by atoms with van der Waals surface area (Å²) >= 11 is 0. The minimum absolute atomic E-state index is 0.0525. The molecule has 0 saturated carbocycles. The van der Waals surface area contributed by atoms with Crippen molar-refractivity contribution in [2.75, 3.05) is 0 Å². The van der Waals surface area contributed by atoms with Gasteiger partial charge in [-0.3, -0.25) is 4.98 Å². The van der Waals surface area contributed by atoms with Crippen LogP contribution in [0.1, 0.15) is 11.1 Å². The van der Waals surface area contributed by atoms with Crippen LogP contribution in [-0.2, 0) is 6.61 Å². The maximum absolute atomic E-state index is 8.93. The van der Waals surface area contributed by atoms with E-state index >= 15 is 0 Å². The summed E-state index contributed by atoms with van der Waals surface area (Å²) in [5.41, 5.74) is 3.05. The van der Waals surface area contributed by atoms with Crippen LogP contribution in [0.15, 0.2) is 30.5 Å². The maximum atomic E-state index is 8.93. The average Bonchev–Trinajstić information content (AvgIpc) is 2.16. The molecule has 2 heteroatoms. The van der Waals surface area contributed by atoms with Crippen LogP contribution < -0.4 is 0 Å². The lowest BCUT2D eigenvalue weighted by Crippen LogP contribution is -1.86. The molecule has 1 aromatic heterocycles. The molecule has 0 unspecified atom stereocenters. The third-order valence-electron chi connectivity index (χ3n) is 2.08. The second-order valence-corrected chi connectivity index (χ2v) is 3.20. The van der Waals surface area contributed by atoms with Gasteiger partial charge in [-0.15, -0.1) is 0 Å². The number of pyridine rings is 1. The topological polar surface area (TPSA) is 33.1 Å². The predicted octanol–water partition coefficient (Wildman–Crippen LogP) is 2.04. The van der Waals surface area contributed by atoms with Crippen molar-refractivity contribution >= 4 is 10.9 Å². The minimum Gasteiger partial charge on any atom is -0.392 e. The third kappa shape index (κ3) is 1.53. The lowest BCUT2D eigenvalue weighted by atomic mass is 10.1. The maximum Gasteiger partial charge on any atom is 0.0702 e. The van der Waals surface area contributed by atoms with Gasteiger partial charge in [0.1, 0.15) is 0 Å². The first-order valence-corrected chi connectivity index (χ1v) is 4.26. The van der Waals surface area contributed by atoms with Crippen LogP contribution in [-0.4, -0.2) is 10.1 Å². The smallest absolute Gasteiger partial charge is 0.0702 e. The van der Waals surface area contributed by atoms with E-state index in [2.05, 4.69) is 11.1 Å². The van der Waals surface area contributed by atoms with Gasteiger partial charge in [-0.05, 0) is 30.7 Å². The SMILES string of the molecule is Cc1ccc2ncc(CO)cc2c1. The van der Waals surface area contributed by atoms with Gasteiger partial charge in [-0.2, -0.15) is 0 Å². The second-order valence-electron chi connectivity index (χ2n) is 3.20. The van der Waals surface area contributed by atoms with Gasteiger partial charge in [-0.25, -0.2) is 0 Å². The molecule has 2 rings (SSSR count). The molecule has 0 fully saturated rings. The number of rotatable bonds is 1. The summed E-state index contributed by atoms with van der Waals surface area (Å²) in [4.78, 5) is 4.23. The molecule has 1 N–H and O–H groups in total. The Morgan fingerprint density at radius 2 is 2.15 bits per heavy atom. The highest BCUT2D eigenvalue weighted by molar-refractivity contribution is 5.79. The van der Waals surface area contributed by atoms with Gasteiger partial charge in [0.15, 0.2) is 0 Å². The van der Waals surface area contributed by atoms with E-state index in [1.165, 1.54) is 5.56 Å². The monoisotopic (exact) mass is 173 g/mol. The summed E-state index contributed by atoms with van der Waals surface area (Å²) in [6.07, 6.45) is 1.71. The van der Waals surface area contributed by atoms with Gasteiger partial charge in [0.25, 0.3) is 0 Å². The van der Waals surface area contributed by atoms with Gasteiger partial charge in [0, 0.05) is 11.6 Å². The van der Waals surface area contributed by atoms with Crippen LogP contribution in [0.2, 0.25) is 0 Å². The number of nitrogens with zero attached hydrogens (tertiary/aromatic N) is 1. The van der Waals surface area contributed by atoms with Crippen molar-refractivity contribution in [1.82, 2.24) is 4.98 Å². The number of hydrogen-bond donors (Lipinski definition) is 1. The van der Waals surface area contributed by atoms with E-state index in [4.69, 9.17) is 5.11 Å². The van der Waals surface area contributed by atoms with Crippen molar-refractivity contribution in [2.24, 2.45) is 0 Å². The Labute approximate surface area is 76.9 Å². The number of hydrogen-bond acceptors (Lipinski definition) is 2. The number of fused-ring (bicyclic) bond motifs is 1. The Morgan fingerprint density at radius 3 is 2.92 bits per heavy atom. The normalized spacial score (nSPS) is 10.6. The van der Waals surface area contributed by atoms with E-state index in [1.807, 2.05) is 25.1 Å². The Kier molecular flexibility index (Phi) is 1.99. The summed E-state index contributed by atoms with van der Waals surface area (Å²) in [6.45, 7) is 2.10. The molecular weight excluding hydrogens is 162 g/mol. The van der Waals surface area contributed by atoms with Crippen molar-refractivity contribution in [3.63, 3.8) is 0 Å². The quantitative estimate of drug-likeness (QED) is 0.715. The number of benzene rings is 1.